The Morgan fingerprint density at radius 3 is 2.65 bits per heavy atom. The summed E-state index contributed by atoms with van der Waals surface area (Å²) in [5.41, 5.74) is -0.512. The number of aliphatic hydroxyl groups excluding tert-OH is 3. The van der Waals surface area contributed by atoms with Gasteiger partial charge >= 0.3 is 5.69 Å². The van der Waals surface area contributed by atoms with E-state index in [0.29, 0.717) is 18.4 Å². The van der Waals surface area contributed by atoms with E-state index in [1.165, 1.54) is 16.8 Å². The zero-order valence-electron chi connectivity index (χ0n) is 10.6. The molecule has 0 radical (unpaired) electrons. The highest BCUT2D eigenvalue weighted by molar-refractivity contribution is 5.28. The molecule has 5 atom stereocenters. The minimum atomic E-state index is -1.19. The maximum atomic E-state index is 11.9. The smallest absolute Gasteiger partial charge is 0.328 e. The molecule has 0 aliphatic heterocycles. The second-order valence-electron chi connectivity index (χ2n) is 5.32. The zero-order chi connectivity index (χ0) is 14.4. The van der Waals surface area contributed by atoms with Crippen molar-refractivity contribution in [1.82, 2.24) is 9.55 Å². The van der Waals surface area contributed by atoms with Crippen LogP contribution in [0.5, 0.6) is 0 Å². The molecule has 3 rings (SSSR count). The molecule has 0 spiro atoms. The van der Waals surface area contributed by atoms with Crippen molar-refractivity contribution in [3.63, 3.8) is 0 Å². The number of fused-ring (bicyclic) bond motifs is 1. The molecule has 0 saturated heterocycles. The highest BCUT2D eigenvalue weighted by atomic mass is 16.3. The van der Waals surface area contributed by atoms with Crippen molar-refractivity contribution < 1.29 is 15.3 Å². The third-order valence-electron chi connectivity index (χ3n) is 4.18. The number of allylic oxidation sites excluding steroid dienone is 1. The van der Waals surface area contributed by atoms with Gasteiger partial charge in [-0.3, -0.25) is 14.3 Å². The Morgan fingerprint density at radius 1 is 1.20 bits per heavy atom. The van der Waals surface area contributed by atoms with E-state index in [-0.39, 0.29) is 0 Å². The van der Waals surface area contributed by atoms with E-state index < -0.39 is 41.5 Å². The van der Waals surface area contributed by atoms with Gasteiger partial charge in [0.2, 0.25) is 0 Å². The number of nitrogens with one attached hydrogen (secondary N) is 1. The molecule has 1 aromatic heterocycles. The van der Waals surface area contributed by atoms with Gasteiger partial charge < -0.3 is 15.3 Å². The van der Waals surface area contributed by atoms with Crippen LogP contribution in [0.15, 0.2) is 33.5 Å². The van der Waals surface area contributed by atoms with Crippen LogP contribution in [0.3, 0.4) is 0 Å². The van der Waals surface area contributed by atoms with Crippen LogP contribution in [0.2, 0.25) is 0 Å². The Morgan fingerprint density at radius 2 is 1.95 bits per heavy atom. The van der Waals surface area contributed by atoms with Gasteiger partial charge in [-0.15, -0.1) is 0 Å². The van der Waals surface area contributed by atoms with Gasteiger partial charge in [-0.2, -0.15) is 0 Å². The molecular formula is C13H16N2O5. The lowest BCUT2D eigenvalue weighted by Crippen LogP contribution is -2.37. The van der Waals surface area contributed by atoms with Crippen LogP contribution in [0.1, 0.15) is 18.9 Å². The van der Waals surface area contributed by atoms with Crippen molar-refractivity contribution in [3.8, 4) is 0 Å². The fourth-order valence-corrected chi connectivity index (χ4v) is 3.27. The summed E-state index contributed by atoms with van der Waals surface area (Å²) < 4.78 is 1.19. The summed E-state index contributed by atoms with van der Waals surface area (Å²) in [5.74, 6) is -0.567. The Kier molecular flexibility index (Phi) is 3.12. The molecule has 4 N–H and O–H groups in total. The van der Waals surface area contributed by atoms with Crippen LogP contribution in [0, 0.1) is 5.92 Å². The van der Waals surface area contributed by atoms with E-state index in [1.807, 2.05) is 6.08 Å². The molecule has 2 aliphatic rings. The average molecular weight is 280 g/mol. The second kappa shape index (κ2) is 4.69. The maximum Gasteiger partial charge on any atom is 0.328 e. The minimum Gasteiger partial charge on any atom is -0.392 e. The largest absolute Gasteiger partial charge is 0.392 e. The molecule has 7 heteroatoms. The number of hydrogen-bond donors (Lipinski definition) is 4. The Bertz CT molecular complexity index is 661. The van der Waals surface area contributed by atoms with Gasteiger partial charge in [-0.05, 0) is 18.4 Å². The standard InChI is InChI=1S/C13H16N2O5/c16-7-3-1-2-6-9(7)11(18)12(19)10(6)15-5-4-8(17)14-13(15)20/h2,4-5,7,9-12,16,18-19H,1,3H2,(H,14,17,20)/t7-,9-,10-,11-,12+/m1/s1. The Hall–Kier alpha value is -1.70. The van der Waals surface area contributed by atoms with E-state index in [1.54, 1.807) is 0 Å². The molecule has 0 aromatic carbocycles. The lowest BCUT2D eigenvalue weighted by Gasteiger charge is -2.27. The Balaban J connectivity index is 2.11. The predicted molar refractivity (Wildman–Crippen MR) is 69.2 cm³/mol. The van der Waals surface area contributed by atoms with Gasteiger partial charge in [0.05, 0.1) is 18.2 Å². The molecule has 20 heavy (non-hydrogen) atoms. The molecule has 108 valence electrons. The lowest BCUT2D eigenvalue weighted by molar-refractivity contribution is -0.0263. The maximum absolute atomic E-state index is 11.9. The van der Waals surface area contributed by atoms with Crippen LogP contribution in [-0.4, -0.2) is 43.2 Å². The molecule has 0 bridgehead atoms. The van der Waals surface area contributed by atoms with Crippen molar-refractivity contribution in [2.45, 2.75) is 37.2 Å². The van der Waals surface area contributed by atoms with Gasteiger partial charge in [0, 0.05) is 18.2 Å². The first-order chi connectivity index (χ1) is 9.50. The van der Waals surface area contributed by atoms with Crippen LogP contribution in [0.25, 0.3) is 0 Å². The fourth-order valence-electron chi connectivity index (χ4n) is 3.27. The van der Waals surface area contributed by atoms with Crippen molar-refractivity contribution in [1.29, 1.82) is 0 Å². The van der Waals surface area contributed by atoms with Gasteiger partial charge in [0.1, 0.15) is 6.10 Å². The molecule has 7 nitrogen and oxygen atoms in total. The number of aliphatic hydroxyl groups is 3. The van der Waals surface area contributed by atoms with E-state index >= 15 is 0 Å². The number of aromatic nitrogens is 2. The van der Waals surface area contributed by atoms with E-state index in [4.69, 9.17) is 0 Å². The predicted octanol–water partition coefficient (Wildman–Crippen LogP) is -1.49. The van der Waals surface area contributed by atoms with E-state index in [9.17, 15) is 24.9 Å². The van der Waals surface area contributed by atoms with Gasteiger partial charge in [0.15, 0.2) is 0 Å². The summed E-state index contributed by atoms with van der Waals surface area (Å²) in [6.07, 6.45) is 1.24. The third kappa shape index (κ3) is 1.86. The fraction of sp³-hybridized carbons (Fsp3) is 0.538. The normalized spacial score (nSPS) is 36.5. The SMILES string of the molecule is O=c1ccn([C@@H]2C3=CCC[C@@H](O)[C@@H]3[C@@H](O)[C@H]2O)c(=O)[nH]1. The molecule has 1 aromatic rings. The first-order valence-corrected chi connectivity index (χ1v) is 6.56. The highest BCUT2D eigenvalue weighted by Gasteiger charge is 2.50. The first-order valence-electron chi connectivity index (χ1n) is 6.56. The summed E-state index contributed by atoms with van der Waals surface area (Å²) in [4.78, 5) is 25.1. The van der Waals surface area contributed by atoms with Gasteiger partial charge in [-0.1, -0.05) is 6.08 Å². The summed E-state index contributed by atoms with van der Waals surface area (Å²) in [6, 6.07) is 0.433. The molecule has 1 fully saturated rings. The number of rotatable bonds is 1. The van der Waals surface area contributed by atoms with Crippen molar-refractivity contribution in [3.05, 3.63) is 44.8 Å². The van der Waals surface area contributed by atoms with E-state index in [0.717, 1.165) is 0 Å². The summed E-state index contributed by atoms with van der Waals surface area (Å²) in [5, 5.41) is 30.3. The molecular weight excluding hydrogens is 264 g/mol. The van der Waals surface area contributed by atoms with Crippen LogP contribution in [-0.2, 0) is 0 Å². The monoisotopic (exact) mass is 280 g/mol. The second-order valence-corrected chi connectivity index (χ2v) is 5.32. The molecule has 0 amide bonds. The van der Waals surface area contributed by atoms with Gasteiger partial charge in [0.25, 0.3) is 5.56 Å². The topological polar surface area (TPSA) is 116 Å². The van der Waals surface area contributed by atoms with Crippen molar-refractivity contribution >= 4 is 0 Å². The summed E-state index contributed by atoms with van der Waals surface area (Å²) >= 11 is 0. The highest BCUT2D eigenvalue weighted by Crippen LogP contribution is 2.44. The summed E-state index contributed by atoms with van der Waals surface area (Å²) in [7, 11) is 0. The number of nitrogens with zero attached hydrogens (tertiary/aromatic N) is 1. The number of aromatic amines is 1. The van der Waals surface area contributed by atoms with Crippen LogP contribution >= 0.6 is 0 Å². The van der Waals surface area contributed by atoms with Crippen molar-refractivity contribution in [2.75, 3.05) is 0 Å². The van der Waals surface area contributed by atoms with E-state index in [2.05, 4.69) is 4.98 Å². The molecule has 2 aliphatic carbocycles. The lowest BCUT2D eigenvalue weighted by atomic mass is 9.85. The Labute approximate surface area is 113 Å². The zero-order valence-corrected chi connectivity index (χ0v) is 10.6. The van der Waals surface area contributed by atoms with Gasteiger partial charge in [-0.25, -0.2) is 4.79 Å². The van der Waals surface area contributed by atoms with Crippen molar-refractivity contribution in [2.24, 2.45) is 5.92 Å². The molecule has 0 unspecified atom stereocenters. The summed E-state index contributed by atoms with van der Waals surface area (Å²) in [6.45, 7) is 0. The molecule has 1 saturated carbocycles. The van der Waals surface area contributed by atoms with Crippen LogP contribution in [0.4, 0.5) is 0 Å². The average Bonchev–Trinajstić information content (AvgIpc) is 2.64. The quantitative estimate of drug-likeness (QED) is 0.468. The van der Waals surface area contributed by atoms with Crippen LogP contribution < -0.4 is 11.2 Å². The number of hydrogen-bond acceptors (Lipinski definition) is 5. The third-order valence-corrected chi connectivity index (χ3v) is 4.18. The number of H-pyrrole nitrogens is 1. The minimum absolute atomic E-state index is 0.519. The molecule has 1 heterocycles. The first kappa shape index (κ1) is 13.3.